The lowest BCUT2D eigenvalue weighted by atomic mass is 10.1. The van der Waals surface area contributed by atoms with E-state index in [1.807, 2.05) is 65.4 Å². The molecule has 1 aromatic heterocycles. The van der Waals surface area contributed by atoms with Crippen molar-refractivity contribution < 1.29 is 4.79 Å². The topological polar surface area (TPSA) is 70.2 Å². The first kappa shape index (κ1) is 15.5. The van der Waals surface area contributed by atoms with Crippen LogP contribution in [0.25, 0.3) is 10.9 Å². The Morgan fingerprint density at radius 3 is 2.71 bits per heavy atom. The molecule has 3 aromatic rings. The van der Waals surface area contributed by atoms with E-state index in [0.717, 1.165) is 22.0 Å². The Hall–Kier alpha value is -3.39. The van der Waals surface area contributed by atoms with Crippen LogP contribution in [0.5, 0.6) is 0 Å². The minimum Gasteiger partial charge on any atom is -0.333 e. The van der Waals surface area contributed by atoms with Crippen molar-refractivity contribution in [2.24, 2.45) is 5.10 Å². The molecule has 0 radical (unpaired) electrons. The van der Waals surface area contributed by atoms with Crippen molar-refractivity contribution in [2.45, 2.75) is 13.0 Å². The monoisotopic (exact) mass is 316 g/mol. The third kappa shape index (κ3) is 3.50. The number of carbonyl (C=O) groups excluding carboxylic acids is 1. The predicted molar refractivity (Wildman–Crippen MR) is 93.4 cm³/mol. The van der Waals surface area contributed by atoms with Crippen LogP contribution >= 0.6 is 0 Å². The summed E-state index contributed by atoms with van der Waals surface area (Å²) in [5, 5.41) is 14.0. The van der Waals surface area contributed by atoms with Crippen molar-refractivity contribution in [3.8, 4) is 6.07 Å². The largest absolute Gasteiger partial charge is 0.333 e. The maximum absolute atomic E-state index is 11.9. The predicted octanol–water partition coefficient (Wildman–Crippen LogP) is 2.86. The molecule has 118 valence electrons. The number of carbonyl (C=O) groups is 1. The smallest absolute Gasteiger partial charge is 0.244 e. The van der Waals surface area contributed by atoms with Gasteiger partial charge in [0.05, 0.1) is 18.7 Å². The quantitative estimate of drug-likeness (QED) is 0.581. The van der Waals surface area contributed by atoms with Crippen LogP contribution in [0.1, 0.15) is 11.1 Å². The van der Waals surface area contributed by atoms with Gasteiger partial charge in [-0.3, -0.25) is 4.79 Å². The second kappa shape index (κ2) is 7.25. The van der Waals surface area contributed by atoms with Gasteiger partial charge in [0.2, 0.25) is 5.91 Å². The molecule has 3 rings (SSSR count). The van der Waals surface area contributed by atoms with Crippen LogP contribution in [-0.2, 0) is 17.8 Å². The van der Waals surface area contributed by atoms with E-state index in [4.69, 9.17) is 5.26 Å². The Labute approximate surface area is 139 Å². The van der Waals surface area contributed by atoms with Crippen molar-refractivity contribution >= 4 is 23.0 Å². The van der Waals surface area contributed by atoms with Gasteiger partial charge in [0.1, 0.15) is 6.54 Å². The number of para-hydroxylation sites is 1. The zero-order valence-corrected chi connectivity index (χ0v) is 13.0. The van der Waals surface area contributed by atoms with E-state index in [2.05, 4.69) is 16.6 Å². The van der Waals surface area contributed by atoms with Gasteiger partial charge in [-0.05, 0) is 11.6 Å². The van der Waals surface area contributed by atoms with Gasteiger partial charge in [-0.2, -0.15) is 10.4 Å². The molecule has 0 saturated carbocycles. The number of hydrazone groups is 1. The van der Waals surface area contributed by atoms with Crippen LogP contribution in [0.4, 0.5) is 0 Å². The number of benzene rings is 2. The summed E-state index contributed by atoms with van der Waals surface area (Å²) in [6.07, 6.45) is 3.76. The third-order valence-electron chi connectivity index (χ3n) is 3.66. The third-order valence-corrected chi connectivity index (χ3v) is 3.66. The summed E-state index contributed by atoms with van der Waals surface area (Å²) in [4.78, 5) is 11.9. The van der Waals surface area contributed by atoms with Crippen LogP contribution in [0.2, 0.25) is 0 Å². The summed E-state index contributed by atoms with van der Waals surface area (Å²) in [6, 6.07) is 19.4. The number of nitrogens with zero attached hydrogens (tertiary/aromatic N) is 3. The molecule has 0 saturated heterocycles. The van der Waals surface area contributed by atoms with E-state index in [-0.39, 0.29) is 18.9 Å². The molecule has 0 atom stereocenters. The number of amides is 1. The van der Waals surface area contributed by atoms with Gasteiger partial charge in [-0.15, -0.1) is 0 Å². The first-order valence-electron chi connectivity index (χ1n) is 7.58. The molecule has 0 aliphatic carbocycles. The molecule has 0 spiro atoms. The second-order valence-corrected chi connectivity index (χ2v) is 5.34. The summed E-state index contributed by atoms with van der Waals surface area (Å²) in [5.74, 6) is -0.168. The van der Waals surface area contributed by atoms with E-state index in [1.165, 1.54) is 0 Å². The fourth-order valence-electron chi connectivity index (χ4n) is 2.58. The van der Waals surface area contributed by atoms with E-state index < -0.39 is 0 Å². The molecule has 5 nitrogen and oxygen atoms in total. The fourth-order valence-corrected chi connectivity index (χ4v) is 2.58. The molecule has 0 bridgehead atoms. The number of fused-ring (bicyclic) bond motifs is 1. The Bertz CT molecular complexity index is 919. The Kier molecular flexibility index (Phi) is 4.68. The van der Waals surface area contributed by atoms with Crippen molar-refractivity contribution in [2.75, 3.05) is 0 Å². The molecule has 0 fully saturated rings. The number of hydrogen-bond donors (Lipinski definition) is 1. The number of hydrogen-bond acceptors (Lipinski definition) is 3. The van der Waals surface area contributed by atoms with Crippen LogP contribution in [-0.4, -0.2) is 16.7 Å². The van der Waals surface area contributed by atoms with E-state index >= 15 is 0 Å². The number of aromatic nitrogens is 1. The zero-order chi connectivity index (χ0) is 16.8. The average Bonchev–Trinajstić information content (AvgIpc) is 2.94. The zero-order valence-electron chi connectivity index (χ0n) is 13.0. The fraction of sp³-hybridized carbons (Fsp3) is 0.105. The summed E-state index contributed by atoms with van der Waals surface area (Å²) in [6.45, 7) is 0.273. The lowest BCUT2D eigenvalue weighted by molar-refractivity contribution is -0.120. The van der Waals surface area contributed by atoms with Crippen molar-refractivity contribution in [3.05, 3.63) is 71.9 Å². The van der Waals surface area contributed by atoms with Gasteiger partial charge in [-0.1, -0.05) is 48.5 Å². The summed E-state index contributed by atoms with van der Waals surface area (Å²) in [5.41, 5.74) is 5.31. The maximum Gasteiger partial charge on any atom is 0.244 e. The van der Waals surface area contributed by atoms with Gasteiger partial charge < -0.3 is 4.57 Å². The molecule has 1 amide bonds. The van der Waals surface area contributed by atoms with Gasteiger partial charge in [0.25, 0.3) is 0 Å². The minimum absolute atomic E-state index is 0.168. The molecule has 1 heterocycles. The molecule has 0 aliphatic rings. The summed E-state index contributed by atoms with van der Waals surface area (Å²) in [7, 11) is 0. The SMILES string of the molecule is N#CCn1cc(/C=N\NC(=O)Cc2ccccc2)c2ccccc21. The second-order valence-electron chi connectivity index (χ2n) is 5.34. The first-order chi connectivity index (χ1) is 11.8. The molecule has 0 aliphatic heterocycles. The lowest BCUT2D eigenvalue weighted by Crippen LogP contribution is -2.19. The van der Waals surface area contributed by atoms with Crippen LogP contribution in [0, 0.1) is 11.3 Å². The van der Waals surface area contributed by atoms with Gasteiger partial charge in [0, 0.05) is 22.7 Å². The van der Waals surface area contributed by atoms with Crippen molar-refractivity contribution in [3.63, 3.8) is 0 Å². The maximum atomic E-state index is 11.9. The van der Waals surface area contributed by atoms with Crippen LogP contribution in [0.3, 0.4) is 0 Å². The standard InChI is InChI=1S/C19H16N4O/c20-10-11-23-14-16(17-8-4-5-9-18(17)23)13-21-22-19(24)12-15-6-2-1-3-7-15/h1-9,13-14H,11-12H2,(H,22,24)/b21-13-. The molecular weight excluding hydrogens is 300 g/mol. The highest BCUT2D eigenvalue weighted by atomic mass is 16.2. The molecule has 1 N–H and O–H groups in total. The highest BCUT2D eigenvalue weighted by molar-refractivity contribution is 5.99. The van der Waals surface area contributed by atoms with Gasteiger partial charge in [0.15, 0.2) is 0 Å². The highest BCUT2D eigenvalue weighted by Gasteiger charge is 2.06. The van der Waals surface area contributed by atoms with E-state index in [1.54, 1.807) is 6.21 Å². The number of nitrogens with one attached hydrogen (secondary N) is 1. The average molecular weight is 316 g/mol. The Morgan fingerprint density at radius 1 is 1.17 bits per heavy atom. The number of rotatable bonds is 5. The Morgan fingerprint density at radius 2 is 1.92 bits per heavy atom. The van der Waals surface area contributed by atoms with E-state index in [9.17, 15) is 4.79 Å². The molecule has 2 aromatic carbocycles. The molecular formula is C19H16N4O. The van der Waals surface area contributed by atoms with E-state index in [0.29, 0.717) is 0 Å². The summed E-state index contributed by atoms with van der Waals surface area (Å²) < 4.78 is 1.86. The van der Waals surface area contributed by atoms with Crippen LogP contribution in [0.15, 0.2) is 65.9 Å². The molecule has 24 heavy (non-hydrogen) atoms. The van der Waals surface area contributed by atoms with Gasteiger partial charge in [-0.25, -0.2) is 5.43 Å². The van der Waals surface area contributed by atoms with Gasteiger partial charge >= 0.3 is 0 Å². The van der Waals surface area contributed by atoms with Crippen molar-refractivity contribution in [1.29, 1.82) is 5.26 Å². The van der Waals surface area contributed by atoms with Crippen molar-refractivity contribution in [1.82, 2.24) is 9.99 Å². The first-order valence-corrected chi connectivity index (χ1v) is 7.58. The lowest BCUT2D eigenvalue weighted by Gasteiger charge is -1.99. The van der Waals surface area contributed by atoms with Crippen LogP contribution < -0.4 is 5.43 Å². The highest BCUT2D eigenvalue weighted by Crippen LogP contribution is 2.19. The number of nitriles is 1. The molecule has 0 unspecified atom stereocenters. The normalized spacial score (nSPS) is 10.8. The minimum atomic E-state index is -0.168. The molecule has 5 heteroatoms. The summed E-state index contributed by atoms with van der Waals surface area (Å²) >= 11 is 0. The Balaban J connectivity index is 1.72.